The second-order valence-corrected chi connectivity index (χ2v) is 9.64. The van der Waals surface area contributed by atoms with Gasteiger partial charge >= 0.3 is 18.3 Å². The fraction of sp³-hybridized carbons (Fsp3) is 0.429. The number of hydrogen-bond donors (Lipinski definition) is 2. The highest BCUT2D eigenvalue weighted by atomic mass is 19.4. The molecule has 41 heavy (non-hydrogen) atoms. The third-order valence-corrected chi connectivity index (χ3v) is 6.70. The van der Waals surface area contributed by atoms with Gasteiger partial charge in [-0.1, -0.05) is 0 Å². The summed E-state index contributed by atoms with van der Waals surface area (Å²) < 4.78 is 80.8. The van der Waals surface area contributed by atoms with Gasteiger partial charge in [-0.05, 0) is 73.4 Å². The van der Waals surface area contributed by atoms with Gasteiger partial charge in [-0.25, -0.2) is 0 Å². The van der Waals surface area contributed by atoms with Crippen molar-refractivity contribution in [1.82, 2.24) is 15.3 Å². The van der Waals surface area contributed by atoms with Gasteiger partial charge in [0.25, 0.3) is 0 Å². The number of rotatable bonds is 12. The first-order valence-electron chi connectivity index (χ1n) is 12.9. The van der Waals surface area contributed by atoms with E-state index in [1.165, 1.54) is 12.1 Å². The van der Waals surface area contributed by atoms with Crippen LogP contribution in [0, 0.1) is 11.3 Å². The zero-order valence-electron chi connectivity index (χ0n) is 22.6. The maximum Gasteiger partial charge on any atom is 0.416 e. The molecule has 1 aliphatic rings. The predicted octanol–water partition coefficient (Wildman–Crippen LogP) is 5.97. The molecular formula is C28H31F6N5O2. The Hall–Kier alpha value is -3.76. The molecule has 222 valence electrons. The smallest absolute Gasteiger partial charge is 0.416 e. The third kappa shape index (κ3) is 8.61. The molecular weight excluding hydrogens is 552 g/mol. The minimum Gasteiger partial charge on any atom is -0.481 e. The van der Waals surface area contributed by atoms with Gasteiger partial charge < -0.3 is 15.0 Å². The number of carboxylic acids is 1. The van der Waals surface area contributed by atoms with Crippen LogP contribution < -0.4 is 10.2 Å². The van der Waals surface area contributed by atoms with Crippen LogP contribution >= 0.6 is 0 Å². The molecule has 0 aliphatic carbocycles. The maximum absolute atomic E-state index is 13.6. The summed E-state index contributed by atoms with van der Waals surface area (Å²) in [6, 6.07) is 8.35. The van der Waals surface area contributed by atoms with E-state index in [2.05, 4.69) is 5.32 Å². The van der Waals surface area contributed by atoms with Crippen LogP contribution in [-0.2, 0) is 30.2 Å². The van der Waals surface area contributed by atoms with Crippen LogP contribution in [0.3, 0.4) is 0 Å². The van der Waals surface area contributed by atoms with E-state index in [1.807, 2.05) is 11.8 Å². The number of aliphatic carboxylic acids is 1. The summed E-state index contributed by atoms with van der Waals surface area (Å²) in [6.45, 7) is 2.81. The van der Waals surface area contributed by atoms with Gasteiger partial charge in [0.05, 0.1) is 28.9 Å². The van der Waals surface area contributed by atoms with E-state index in [0.717, 1.165) is 24.3 Å². The molecule has 13 heteroatoms. The van der Waals surface area contributed by atoms with Crippen LogP contribution in [0.1, 0.15) is 54.0 Å². The first kappa shape index (κ1) is 31.8. The molecule has 2 aromatic rings. The molecule has 0 saturated heterocycles. The summed E-state index contributed by atoms with van der Waals surface area (Å²) in [6.07, 6.45) is -5.37. The number of carboxylic acid groups (broad SMARTS) is 1. The number of nitrogens with one attached hydrogen (secondary N) is 1. The van der Waals surface area contributed by atoms with Crippen molar-refractivity contribution in [1.29, 1.82) is 5.26 Å². The van der Waals surface area contributed by atoms with E-state index in [4.69, 9.17) is 5.11 Å². The SMILES string of the molecule is CCN(CCCCC(=O)O)c1ccc(C(F)(F)F)cc1CNC1C=CN(C)N1Cc1cc(C#N)cc(C(F)(F)F)c1. The number of hydrogen-bond acceptors (Lipinski definition) is 6. The lowest BCUT2D eigenvalue weighted by Gasteiger charge is -2.32. The first-order chi connectivity index (χ1) is 19.2. The van der Waals surface area contributed by atoms with Gasteiger partial charge in [-0.2, -0.15) is 36.6 Å². The Morgan fingerprint density at radius 2 is 1.78 bits per heavy atom. The van der Waals surface area contributed by atoms with Crippen molar-refractivity contribution in [2.24, 2.45) is 0 Å². The third-order valence-electron chi connectivity index (χ3n) is 6.70. The quantitative estimate of drug-likeness (QED) is 0.235. The predicted molar refractivity (Wildman–Crippen MR) is 140 cm³/mol. The number of carbonyl (C=O) groups is 1. The Morgan fingerprint density at radius 3 is 2.39 bits per heavy atom. The summed E-state index contributed by atoms with van der Waals surface area (Å²) in [5, 5.41) is 24.6. The van der Waals surface area contributed by atoms with Crippen LogP contribution in [0.5, 0.6) is 0 Å². The normalized spacial score (nSPS) is 15.8. The van der Waals surface area contributed by atoms with Crippen molar-refractivity contribution in [3.05, 3.63) is 76.5 Å². The largest absolute Gasteiger partial charge is 0.481 e. The van der Waals surface area contributed by atoms with Gasteiger partial charge in [-0.3, -0.25) is 10.1 Å². The van der Waals surface area contributed by atoms with Gasteiger partial charge in [-0.15, -0.1) is 0 Å². The zero-order chi connectivity index (χ0) is 30.4. The molecule has 2 N–H and O–H groups in total. The molecule has 0 fully saturated rings. The van der Waals surface area contributed by atoms with Crippen molar-refractivity contribution >= 4 is 11.7 Å². The average Bonchev–Trinajstić information content (AvgIpc) is 3.24. The van der Waals surface area contributed by atoms with Crippen LogP contribution in [-0.4, -0.2) is 47.4 Å². The second-order valence-electron chi connectivity index (χ2n) is 9.64. The molecule has 0 bridgehead atoms. The summed E-state index contributed by atoms with van der Waals surface area (Å²) in [5.41, 5.74) is -0.704. The Kier molecular flexibility index (Phi) is 10.3. The molecule has 0 spiro atoms. The molecule has 0 saturated carbocycles. The molecule has 1 aliphatic heterocycles. The highest BCUT2D eigenvalue weighted by molar-refractivity contribution is 5.66. The fourth-order valence-corrected chi connectivity index (χ4v) is 4.62. The average molecular weight is 584 g/mol. The number of anilines is 1. The molecule has 2 aromatic carbocycles. The Bertz CT molecular complexity index is 1290. The van der Waals surface area contributed by atoms with E-state index in [1.54, 1.807) is 35.4 Å². The summed E-state index contributed by atoms with van der Waals surface area (Å²) >= 11 is 0. The molecule has 3 rings (SSSR count). The lowest BCUT2D eigenvalue weighted by molar-refractivity contribution is -0.138. The van der Waals surface area contributed by atoms with Gasteiger partial charge in [0.2, 0.25) is 0 Å². The van der Waals surface area contributed by atoms with Crippen molar-refractivity contribution in [2.45, 2.75) is 57.8 Å². The molecule has 1 unspecified atom stereocenters. The van der Waals surface area contributed by atoms with Gasteiger partial charge in [0.1, 0.15) is 0 Å². The van der Waals surface area contributed by atoms with Crippen molar-refractivity contribution < 1.29 is 36.2 Å². The van der Waals surface area contributed by atoms with Crippen LogP contribution in [0.15, 0.2) is 48.7 Å². The number of alkyl halides is 6. The number of nitriles is 1. The summed E-state index contributed by atoms with van der Waals surface area (Å²) in [5.74, 6) is -0.916. The van der Waals surface area contributed by atoms with E-state index < -0.39 is 35.6 Å². The van der Waals surface area contributed by atoms with Crippen molar-refractivity contribution in [2.75, 3.05) is 25.0 Å². The topological polar surface area (TPSA) is 82.8 Å². The molecule has 0 aromatic heterocycles. The monoisotopic (exact) mass is 583 g/mol. The minimum atomic E-state index is -4.63. The summed E-state index contributed by atoms with van der Waals surface area (Å²) in [7, 11) is 1.68. The van der Waals surface area contributed by atoms with Crippen LogP contribution in [0.25, 0.3) is 0 Å². The molecule has 1 heterocycles. The summed E-state index contributed by atoms with van der Waals surface area (Å²) in [4.78, 5) is 12.7. The molecule has 7 nitrogen and oxygen atoms in total. The minimum absolute atomic E-state index is 0.000122. The molecule has 1 atom stereocenters. The Morgan fingerprint density at radius 1 is 1.07 bits per heavy atom. The zero-order valence-corrected chi connectivity index (χ0v) is 22.6. The van der Waals surface area contributed by atoms with Gasteiger partial charge in [0.15, 0.2) is 0 Å². The van der Waals surface area contributed by atoms with Crippen molar-refractivity contribution in [3.8, 4) is 6.07 Å². The number of nitrogens with zero attached hydrogens (tertiary/aromatic N) is 4. The fourth-order valence-electron chi connectivity index (χ4n) is 4.62. The van der Waals surface area contributed by atoms with E-state index in [0.29, 0.717) is 37.2 Å². The molecule has 0 radical (unpaired) electrons. The maximum atomic E-state index is 13.6. The highest BCUT2D eigenvalue weighted by Gasteiger charge is 2.33. The standard InChI is InChI=1S/C28H31F6N5O2/c1-3-38(10-5-4-6-26(40)41)24-8-7-22(27(29,30)31)15-21(24)17-36-25-9-11-37(2)39(25)18-20-12-19(16-35)13-23(14-20)28(32,33)34/h7-9,11-15,25,36H,3-6,10,17-18H2,1-2H3,(H,40,41). The van der Waals surface area contributed by atoms with E-state index >= 15 is 0 Å². The Balaban J connectivity index is 1.83. The van der Waals surface area contributed by atoms with Crippen LogP contribution in [0.2, 0.25) is 0 Å². The lowest BCUT2D eigenvalue weighted by atomic mass is 10.1. The number of halogens is 6. The first-order valence-corrected chi connectivity index (χ1v) is 12.9. The number of unbranched alkanes of at least 4 members (excludes halogenated alkanes) is 1. The van der Waals surface area contributed by atoms with Crippen LogP contribution in [0.4, 0.5) is 32.0 Å². The van der Waals surface area contributed by atoms with E-state index in [9.17, 15) is 36.4 Å². The second kappa shape index (κ2) is 13.3. The Labute approximate surface area is 234 Å². The van der Waals surface area contributed by atoms with Crippen molar-refractivity contribution in [3.63, 3.8) is 0 Å². The lowest BCUT2D eigenvalue weighted by Crippen LogP contribution is -2.46. The van der Waals surface area contributed by atoms with Gasteiger partial charge in [0, 0.05) is 51.5 Å². The highest BCUT2D eigenvalue weighted by Crippen LogP contribution is 2.34. The van der Waals surface area contributed by atoms with E-state index in [-0.39, 0.29) is 30.6 Å². The molecule has 0 amide bonds. The number of benzene rings is 2. The number of hydrazine groups is 1.